The van der Waals surface area contributed by atoms with Gasteiger partial charge < -0.3 is 15.4 Å². The van der Waals surface area contributed by atoms with Crippen LogP contribution in [0, 0.1) is 11.8 Å². The van der Waals surface area contributed by atoms with Crippen molar-refractivity contribution in [2.24, 2.45) is 11.8 Å². The lowest BCUT2D eigenvalue weighted by atomic mass is 9.90. The topological polar surface area (TPSA) is 50.4 Å². The highest BCUT2D eigenvalue weighted by atomic mass is 16.5. The van der Waals surface area contributed by atoms with Gasteiger partial charge in [0.25, 0.3) is 0 Å². The first-order chi connectivity index (χ1) is 8.27. The van der Waals surface area contributed by atoms with Crippen molar-refractivity contribution in [1.82, 2.24) is 10.6 Å². The summed E-state index contributed by atoms with van der Waals surface area (Å²) in [6, 6.07) is 0.298. The van der Waals surface area contributed by atoms with Crippen LogP contribution >= 0.6 is 0 Å². The van der Waals surface area contributed by atoms with E-state index in [0.717, 1.165) is 32.5 Å². The minimum atomic E-state index is 0.0768. The number of rotatable bonds is 3. The summed E-state index contributed by atoms with van der Waals surface area (Å²) in [5, 5.41) is 6.53. The molecule has 0 radical (unpaired) electrons. The molecule has 2 saturated heterocycles. The van der Waals surface area contributed by atoms with E-state index in [1.165, 1.54) is 12.8 Å². The molecule has 2 aliphatic heterocycles. The van der Waals surface area contributed by atoms with Crippen molar-refractivity contribution in [1.29, 1.82) is 0 Å². The number of carbonyl (C=O) groups is 1. The first kappa shape index (κ1) is 12.8. The number of carbonyl (C=O) groups excluding carboxylic acids is 1. The van der Waals surface area contributed by atoms with Crippen LogP contribution in [-0.4, -0.2) is 38.3 Å². The van der Waals surface area contributed by atoms with Crippen LogP contribution in [0.5, 0.6) is 0 Å². The smallest absolute Gasteiger partial charge is 0.225 e. The van der Waals surface area contributed by atoms with Crippen LogP contribution in [0.15, 0.2) is 0 Å². The van der Waals surface area contributed by atoms with Gasteiger partial charge in [0.2, 0.25) is 5.91 Å². The molecule has 0 bridgehead atoms. The predicted octanol–water partition coefficient (Wildman–Crippen LogP) is 0.917. The monoisotopic (exact) mass is 240 g/mol. The number of ether oxygens (including phenoxy) is 1. The Morgan fingerprint density at radius 3 is 2.76 bits per heavy atom. The van der Waals surface area contributed by atoms with Gasteiger partial charge in [-0.15, -0.1) is 0 Å². The van der Waals surface area contributed by atoms with E-state index >= 15 is 0 Å². The molecule has 0 spiro atoms. The minimum absolute atomic E-state index is 0.0768. The molecule has 0 saturated carbocycles. The van der Waals surface area contributed by atoms with Gasteiger partial charge in [0, 0.05) is 12.6 Å². The van der Waals surface area contributed by atoms with Crippen molar-refractivity contribution in [2.75, 3.05) is 26.3 Å². The van der Waals surface area contributed by atoms with E-state index in [0.29, 0.717) is 18.6 Å². The van der Waals surface area contributed by atoms with E-state index in [-0.39, 0.29) is 11.8 Å². The van der Waals surface area contributed by atoms with Crippen LogP contribution in [0.3, 0.4) is 0 Å². The SMILES string of the molecule is CC(NC(=O)C1CCCOC1)C1CCNCC1. The molecule has 2 unspecified atom stereocenters. The summed E-state index contributed by atoms with van der Waals surface area (Å²) in [5.74, 6) is 0.897. The molecule has 2 N–H and O–H groups in total. The predicted molar refractivity (Wildman–Crippen MR) is 66.7 cm³/mol. The molecule has 2 heterocycles. The largest absolute Gasteiger partial charge is 0.381 e. The summed E-state index contributed by atoms with van der Waals surface area (Å²) < 4.78 is 5.36. The Morgan fingerprint density at radius 2 is 2.12 bits per heavy atom. The van der Waals surface area contributed by atoms with Crippen LogP contribution in [0.2, 0.25) is 0 Å². The van der Waals surface area contributed by atoms with Gasteiger partial charge in [0.05, 0.1) is 12.5 Å². The molecule has 17 heavy (non-hydrogen) atoms. The molecule has 0 aliphatic carbocycles. The summed E-state index contributed by atoms with van der Waals surface area (Å²) in [5.41, 5.74) is 0. The second-order valence-electron chi connectivity index (χ2n) is 5.30. The second kappa shape index (κ2) is 6.36. The van der Waals surface area contributed by atoms with Crippen molar-refractivity contribution in [3.63, 3.8) is 0 Å². The minimum Gasteiger partial charge on any atom is -0.381 e. The van der Waals surface area contributed by atoms with Gasteiger partial charge in [-0.1, -0.05) is 0 Å². The third-order valence-electron chi connectivity index (χ3n) is 3.99. The molecule has 2 aliphatic rings. The zero-order valence-electron chi connectivity index (χ0n) is 10.7. The highest BCUT2D eigenvalue weighted by Gasteiger charge is 2.26. The summed E-state index contributed by atoms with van der Waals surface area (Å²) in [6.45, 7) is 5.71. The Labute approximate surface area is 103 Å². The average Bonchev–Trinajstić information content (AvgIpc) is 2.40. The molecule has 4 heteroatoms. The highest BCUT2D eigenvalue weighted by Crippen LogP contribution is 2.18. The summed E-state index contributed by atoms with van der Waals surface area (Å²) in [4.78, 5) is 12.0. The van der Waals surface area contributed by atoms with Gasteiger partial charge in [-0.25, -0.2) is 0 Å². The van der Waals surface area contributed by atoms with Crippen molar-refractivity contribution < 1.29 is 9.53 Å². The summed E-state index contributed by atoms with van der Waals surface area (Å²) >= 11 is 0. The zero-order valence-corrected chi connectivity index (χ0v) is 10.7. The maximum absolute atomic E-state index is 12.0. The lowest BCUT2D eigenvalue weighted by Crippen LogP contribution is -2.46. The maximum Gasteiger partial charge on any atom is 0.225 e. The lowest BCUT2D eigenvalue weighted by molar-refractivity contribution is -0.130. The number of piperidine rings is 1. The number of hydrogen-bond acceptors (Lipinski definition) is 3. The van der Waals surface area contributed by atoms with Crippen LogP contribution in [-0.2, 0) is 9.53 Å². The van der Waals surface area contributed by atoms with Crippen LogP contribution in [0.1, 0.15) is 32.6 Å². The summed E-state index contributed by atoms with van der Waals surface area (Å²) in [7, 11) is 0. The standard InChI is InChI=1S/C13H24N2O2/c1-10(11-4-6-14-7-5-11)15-13(16)12-3-2-8-17-9-12/h10-12,14H,2-9H2,1H3,(H,15,16). The third-order valence-corrected chi connectivity index (χ3v) is 3.99. The van der Waals surface area contributed by atoms with Crippen molar-refractivity contribution in [3.05, 3.63) is 0 Å². The first-order valence-electron chi connectivity index (χ1n) is 6.86. The van der Waals surface area contributed by atoms with Gasteiger partial charge in [0.1, 0.15) is 0 Å². The fourth-order valence-corrected chi connectivity index (χ4v) is 2.75. The number of nitrogens with one attached hydrogen (secondary N) is 2. The molecule has 1 amide bonds. The van der Waals surface area contributed by atoms with Crippen molar-refractivity contribution in [2.45, 2.75) is 38.6 Å². The second-order valence-corrected chi connectivity index (χ2v) is 5.30. The van der Waals surface area contributed by atoms with Gasteiger partial charge in [-0.05, 0) is 51.6 Å². The van der Waals surface area contributed by atoms with Crippen LogP contribution in [0.4, 0.5) is 0 Å². The number of hydrogen-bond donors (Lipinski definition) is 2. The van der Waals surface area contributed by atoms with Gasteiger partial charge >= 0.3 is 0 Å². The Balaban J connectivity index is 1.76. The van der Waals surface area contributed by atoms with Gasteiger partial charge in [-0.3, -0.25) is 4.79 Å². The van der Waals surface area contributed by atoms with Crippen LogP contribution < -0.4 is 10.6 Å². The molecule has 0 aromatic rings. The normalized spacial score (nSPS) is 28.6. The average molecular weight is 240 g/mol. The van der Waals surface area contributed by atoms with Crippen molar-refractivity contribution >= 4 is 5.91 Å². The van der Waals surface area contributed by atoms with E-state index in [1.807, 2.05) is 0 Å². The van der Waals surface area contributed by atoms with E-state index < -0.39 is 0 Å². The highest BCUT2D eigenvalue weighted by molar-refractivity contribution is 5.79. The van der Waals surface area contributed by atoms with Crippen LogP contribution in [0.25, 0.3) is 0 Å². The zero-order chi connectivity index (χ0) is 12.1. The molecule has 0 aromatic heterocycles. The van der Waals surface area contributed by atoms with Crippen molar-refractivity contribution in [3.8, 4) is 0 Å². The van der Waals surface area contributed by atoms with E-state index in [1.54, 1.807) is 0 Å². The summed E-state index contributed by atoms with van der Waals surface area (Å²) in [6.07, 6.45) is 4.33. The van der Waals surface area contributed by atoms with Gasteiger partial charge in [-0.2, -0.15) is 0 Å². The molecule has 4 nitrogen and oxygen atoms in total. The Bertz CT molecular complexity index is 246. The Morgan fingerprint density at radius 1 is 1.35 bits per heavy atom. The number of amides is 1. The maximum atomic E-state index is 12.0. The van der Waals surface area contributed by atoms with E-state index in [4.69, 9.17) is 4.74 Å². The Kier molecular flexibility index (Phi) is 4.80. The Hall–Kier alpha value is -0.610. The quantitative estimate of drug-likeness (QED) is 0.771. The first-order valence-corrected chi connectivity index (χ1v) is 6.86. The fraction of sp³-hybridized carbons (Fsp3) is 0.923. The molecular weight excluding hydrogens is 216 g/mol. The fourth-order valence-electron chi connectivity index (χ4n) is 2.75. The molecule has 2 rings (SSSR count). The molecular formula is C13H24N2O2. The van der Waals surface area contributed by atoms with E-state index in [9.17, 15) is 4.79 Å². The third kappa shape index (κ3) is 3.68. The molecule has 2 fully saturated rings. The molecule has 0 aromatic carbocycles. The van der Waals surface area contributed by atoms with Gasteiger partial charge in [0.15, 0.2) is 0 Å². The van der Waals surface area contributed by atoms with E-state index in [2.05, 4.69) is 17.6 Å². The lowest BCUT2D eigenvalue weighted by Gasteiger charge is -2.30. The molecule has 98 valence electrons. The molecule has 2 atom stereocenters.